The topological polar surface area (TPSA) is 32.3 Å². The highest BCUT2D eigenvalue weighted by molar-refractivity contribution is 4.87. The zero-order valence-corrected chi connectivity index (χ0v) is 11.0. The standard InChI is InChI=1S/C13H24F3NO/c1-2-11-4-7-12(18,8-5-11)10-17-9-3-6-13(14,15)16/h11,17-18H,2-10H2,1H3. The summed E-state index contributed by atoms with van der Waals surface area (Å²) in [6.07, 6.45) is -0.0234. The molecular formula is C13H24F3NO. The van der Waals surface area contributed by atoms with Crippen LogP contribution in [0.1, 0.15) is 51.9 Å². The van der Waals surface area contributed by atoms with Crippen molar-refractivity contribution in [3.63, 3.8) is 0 Å². The number of aliphatic hydroxyl groups is 1. The zero-order chi connectivity index (χ0) is 13.6. The maximum Gasteiger partial charge on any atom is 0.389 e. The molecule has 1 aliphatic rings. The van der Waals surface area contributed by atoms with Crippen molar-refractivity contribution in [3.8, 4) is 0 Å². The van der Waals surface area contributed by atoms with E-state index in [1.54, 1.807) is 0 Å². The van der Waals surface area contributed by atoms with Gasteiger partial charge in [-0.05, 0) is 44.6 Å². The number of hydrogen-bond acceptors (Lipinski definition) is 2. The van der Waals surface area contributed by atoms with Crippen molar-refractivity contribution in [2.45, 2.75) is 63.6 Å². The summed E-state index contributed by atoms with van der Waals surface area (Å²) < 4.78 is 35.8. The highest BCUT2D eigenvalue weighted by Crippen LogP contribution is 2.33. The third kappa shape index (κ3) is 6.05. The number of nitrogens with one attached hydrogen (secondary N) is 1. The SMILES string of the molecule is CCC1CCC(O)(CNCCCC(F)(F)F)CC1. The first-order valence-electron chi connectivity index (χ1n) is 6.84. The van der Waals surface area contributed by atoms with Crippen LogP contribution in [0.15, 0.2) is 0 Å². The van der Waals surface area contributed by atoms with E-state index in [1.807, 2.05) is 0 Å². The molecule has 0 aromatic rings. The molecule has 108 valence electrons. The van der Waals surface area contributed by atoms with Crippen molar-refractivity contribution >= 4 is 0 Å². The molecule has 0 aromatic heterocycles. The van der Waals surface area contributed by atoms with E-state index in [-0.39, 0.29) is 6.42 Å². The molecule has 0 heterocycles. The molecule has 5 heteroatoms. The molecule has 0 amide bonds. The summed E-state index contributed by atoms with van der Waals surface area (Å²) in [5.74, 6) is 0.704. The van der Waals surface area contributed by atoms with Crippen LogP contribution >= 0.6 is 0 Å². The van der Waals surface area contributed by atoms with E-state index in [4.69, 9.17) is 0 Å². The molecule has 18 heavy (non-hydrogen) atoms. The van der Waals surface area contributed by atoms with Crippen LogP contribution in [0.3, 0.4) is 0 Å². The summed E-state index contributed by atoms with van der Waals surface area (Å²) in [5.41, 5.74) is -0.704. The lowest BCUT2D eigenvalue weighted by Crippen LogP contribution is -2.43. The second-order valence-corrected chi connectivity index (χ2v) is 5.47. The minimum atomic E-state index is -4.07. The smallest absolute Gasteiger partial charge is 0.389 e. The van der Waals surface area contributed by atoms with E-state index in [0.717, 1.165) is 32.1 Å². The average molecular weight is 267 g/mol. The van der Waals surface area contributed by atoms with Crippen LogP contribution in [-0.2, 0) is 0 Å². The van der Waals surface area contributed by atoms with E-state index in [1.165, 1.54) is 0 Å². The van der Waals surface area contributed by atoms with Crippen molar-refractivity contribution < 1.29 is 18.3 Å². The fourth-order valence-corrected chi connectivity index (χ4v) is 2.53. The fourth-order valence-electron chi connectivity index (χ4n) is 2.53. The summed E-state index contributed by atoms with van der Waals surface area (Å²) in [6, 6.07) is 0. The second kappa shape index (κ2) is 6.75. The Hall–Kier alpha value is -0.290. The van der Waals surface area contributed by atoms with E-state index in [2.05, 4.69) is 12.2 Å². The van der Waals surface area contributed by atoms with Crippen molar-refractivity contribution in [1.29, 1.82) is 0 Å². The molecule has 0 atom stereocenters. The van der Waals surface area contributed by atoms with Gasteiger partial charge < -0.3 is 10.4 Å². The van der Waals surface area contributed by atoms with Gasteiger partial charge in [-0.2, -0.15) is 13.2 Å². The van der Waals surface area contributed by atoms with Crippen LogP contribution in [0.4, 0.5) is 13.2 Å². The summed E-state index contributed by atoms with van der Waals surface area (Å²) in [5, 5.41) is 13.2. The Morgan fingerprint density at radius 1 is 1.28 bits per heavy atom. The third-order valence-electron chi connectivity index (χ3n) is 3.88. The second-order valence-electron chi connectivity index (χ2n) is 5.47. The predicted molar refractivity (Wildman–Crippen MR) is 65.4 cm³/mol. The van der Waals surface area contributed by atoms with Crippen LogP contribution in [0.5, 0.6) is 0 Å². The van der Waals surface area contributed by atoms with Gasteiger partial charge in [0.25, 0.3) is 0 Å². The Kier molecular flexibility index (Phi) is 5.92. The molecule has 0 bridgehead atoms. The van der Waals surface area contributed by atoms with Gasteiger partial charge >= 0.3 is 6.18 Å². The number of alkyl halides is 3. The molecule has 0 unspecified atom stereocenters. The summed E-state index contributed by atoms with van der Waals surface area (Å²) >= 11 is 0. The molecule has 1 saturated carbocycles. The van der Waals surface area contributed by atoms with Crippen LogP contribution < -0.4 is 5.32 Å². The van der Waals surface area contributed by atoms with Gasteiger partial charge in [-0.3, -0.25) is 0 Å². The first-order chi connectivity index (χ1) is 8.35. The highest BCUT2D eigenvalue weighted by atomic mass is 19.4. The monoisotopic (exact) mass is 267 g/mol. The number of halogens is 3. The van der Waals surface area contributed by atoms with Crippen LogP contribution in [0.25, 0.3) is 0 Å². The molecule has 2 N–H and O–H groups in total. The zero-order valence-electron chi connectivity index (χ0n) is 11.0. The van der Waals surface area contributed by atoms with Gasteiger partial charge in [0.2, 0.25) is 0 Å². The molecule has 0 aliphatic heterocycles. The number of rotatable bonds is 6. The van der Waals surface area contributed by atoms with Crippen molar-refractivity contribution in [2.24, 2.45) is 5.92 Å². The van der Waals surface area contributed by atoms with E-state index in [0.29, 0.717) is 19.0 Å². The maximum absolute atomic E-state index is 11.9. The maximum atomic E-state index is 11.9. The predicted octanol–water partition coefficient (Wildman–Crippen LogP) is 3.25. The first-order valence-corrected chi connectivity index (χ1v) is 6.84. The summed E-state index contributed by atoms with van der Waals surface area (Å²) in [4.78, 5) is 0. The van der Waals surface area contributed by atoms with Crippen molar-refractivity contribution in [3.05, 3.63) is 0 Å². The van der Waals surface area contributed by atoms with Crippen molar-refractivity contribution in [1.82, 2.24) is 5.32 Å². The van der Waals surface area contributed by atoms with Crippen LogP contribution in [0, 0.1) is 5.92 Å². The van der Waals surface area contributed by atoms with E-state index in [9.17, 15) is 18.3 Å². The third-order valence-corrected chi connectivity index (χ3v) is 3.88. The van der Waals surface area contributed by atoms with Crippen LogP contribution in [-0.4, -0.2) is 30.0 Å². The highest BCUT2D eigenvalue weighted by Gasteiger charge is 2.32. The van der Waals surface area contributed by atoms with Gasteiger partial charge in [-0.15, -0.1) is 0 Å². The lowest BCUT2D eigenvalue weighted by atomic mass is 9.78. The molecule has 0 aromatic carbocycles. The normalized spacial score (nSPS) is 29.5. The lowest BCUT2D eigenvalue weighted by Gasteiger charge is -2.36. The summed E-state index contributed by atoms with van der Waals surface area (Å²) in [7, 11) is 0. The summed E-state index contributed by atoms with van der Waals surface area (Å²) in [6.45, 7) is 2.89. The van der Waals surface area contributed by atoms with E-state index < -0.39 is 18.2 Å². The molecular weight excluding hydrogens is 243 g/mol. The molecule has 0 radical (unpaired) electrons. The Labute approximate surface area is 107 Å². The molecule has 1 aliphatic carbocycles. The minimum absolute atomic E-state index is 0.0805. The van der Waals surface area contributed by atoms with Gasteiger partial charge in [0.1, 0.15) is 0 Å². The van der Waals surface area contributed by atoms with Gasteiger partial charge in [0.15, 0.2) is 0 Å². The Morgan fingerprint density at radius 2 is 1.89 bits per heavy atom. The van der Waals surface area contributed by atoms with Gasteiger partial charge in [0, 0.05) is 13.0 Å². The minimum Gasteiger partial charge on any atom is -0.389 e. The quantitative estimate of drug-likeness (QED) is 0.724. The first kappa shape index (κ1) is 15.8. The Morgan fingerprint density at radius 3 is 2.39 bits per heavy atom. The molecule has 1 rings (SSSR count). The lowest BCUT2D eigenvalue weighted by molar-refractivity contribution is -0.135. The average Bonchev–Trinajstić information content (AvgIpc) is 2.28. The fraction of sp³-hybridized carbons (Fsp3) is 1.00. The molecule has 2 nitrogen and oxygen atoms in total. The molecule has 0 spiro atoms. The van der Waals surface area contributed by atoms with E-state index >= 15 is 0 Å². The van der Waals surface area contributed by atoms with Gasteiger partial charge in [0.05, 0.1) is 5.60 Å². The van der Waals surface area contributed by atoms with Crippen LogP contribution in [0.2, 0.25) is 0 Å². The largest absolute Gasteiger partial charge is 0.389 e. The molecule has 1 fully saturated rings. The van der Waals surface area contributed by atoms with Gasteiger partial charge in [-0.1, -0.05) is 13.3 Å². The van der Waals surface area contributed by atoms with Gasteiger partial charge in [-0.25, -0.2) is 0 Å². The number of hydrogen-bond donors (Lipinski definition) is 2. The van der Waals surface area contributed by atoms with Crippen molar-refractivity contribution in [2.75, 3.05) is 13.1 Å². The Bertz CT molecular complexity index is 235. The molecule has 0 saturated heterocycles. The Balaban J connectivity index is 2.12.